The van der Waals surface area contributed by atoms with E-state index in [0.29, 0.717) is 18.9 Å². The predicted molar refractivity (Wildman–Crippen MR) is 105 cm³/mol. The van der Waals surface area contributed by atoms with Crippen molar-refractivity contribution in [1.82, 2.24) is 15.5 Å². The van der Waals surface area contributed by atoms with Crippen LogP contribution in [-0.2, 0) is 11.2 Å². The van der Waals surface area contributed by atoms with Crippen molar-refractivity contribution in [3.63, 3.8) is 0 Å². The van der Waals surface area contributed by atoms with E-state index in [2.05, 4.69) is 45.9 Å². The Kier molecular flexibility index (Phi) is 9.75. The molecule has 1 amide bonds. The Morgan fingerprint density at radius 3 is 2.72 bits per heavy atom. The van der Waals surface area contributed by atoms with Gasteiger partial charge in [-0.15, -0.1) is 24.8 Å². The molecule has 0 saturated carbocycles. The van der Waals surface area contributed by atoms with E-state index >= 15 is 0 Å². The Morgan fingerprint density at radius 2 is 2.04 bits per heavy atom. The average Bonchev–Trinajstić information content (AvgIpc) is 3.21. The molecular weight excluding hydrogens is 361 g/mol. The monoisotopic (exact) mass is 389 g/mol. The van der Waals surface area contributed by atoms with Crippen molar-refractivity contribution in [2.24, 2.45) is 5.92 Å². The van der Waals surface area contributed by atoms with Crippen LogP contribution in [0.15, 0.2) is 30.3 Å². The van der Waals surface area contributed by atoms with E-state index < -0.39 is 0 Å². The number of hydrogen-bond donors (Lipinski definition) is 3. The molecule has 0 spiro atoms. The Hall–Kier alpha value is -0.850. The quantitative estimate of drug-likeness (QED) is 0.684. The fourth-order valence-electron chi connectivity index (χ4n) is 3.50. The zero-order valence-electron chi connectivity index (χ0n) is 14.4. The van der Waals surface area contributed by atoms with Gasteiger partial charge < -0.3 is 20.6 Å². The Balaban J connectivity index is 0.00000156. The van der Waals surface area contributed by atoms with Crippen LogP contribution in [0.4, 0.5) is 0 Å². The summed E-state index contributed by atoms with van der Waals surface area (Å²) < 4.78 is 0. The van der Waals surface area contributed by atoms with Crippen molar-refractivity contribution in [3.8, 4) is 0 Å². The molecule has 3 unspecified atom stereocenters. The second-order valence-corrected chi connectivity index (χ2v) is 6.79. The first-order valence-electron chi connectivity index (χ1n) is 8.66. The number of nitrogens with zero attached hydrogens (tertiary/aromatic N) is 1. The van der Waals surface area contributed by atoms with Crippen LogP contribution in [0.1, 0.15) is 18.4 Å². The highest BCUT2D eigenvalue weighted by Gasteiger charge is 2.29. The zero-order chi connectivity index (χ0) is 16.1. The lowest BCUT2D eigenvalue weighted by Crippen LogP contribution is -2.42. The molecular formula is C18H29Cl2N3O2. The van der Waals surface area contributed by atoms with E-state index in [1.165, 1.54) is 5.56 Å². The molecule has 0 bridgehead atoms. The van der Waals surface area contributed by atoms with Gasteiger partial charge in [-0.3, -0.25) is 4.79 Å². The molecule has 25 heavy (non-hydrogen) atoms. The molecule has 2 fully saturated rings. The standard InChI is InChI=1S/C18H27N3O2.2ClH/c22-16-10-17(19-12-16)18(23)20-11-15-7-9-21(13-15)8-6-14-4-2-1-3-5-14;;/h1-5,15-17,19,22H,6-13H2,(H,20,23);2*1H. The maximum Gasteiger partial charge on any atom is 0.237 e. The molecule has 0 aromatic heterocycles. The molecule has 5 nitrogen and oxygen atoms in total. The van der Waals surface area contributed by atoms with Gasteiger partial charge in [-0.25, -0.2) is 0 Å². The van der Waals surface area contributed by atoms with Crippen molar-refractivity contribution in [1.29, 1.82) is 0 Å². The van der Waals surface area contributed by atoms with E-state index in [1.54, 1.807) is 0 Å². The van der Waals surface area contributed by atoms with E-state index in [-0.39, 0.29) is 42.9 Å². The predicted octanol–water partition coefficient (Wildman–Crippen LogP) is 1.23. The summed E-state index contributed by atoms with van der Waals surface area (Å²) in [6, 6.07) is 10.4. The van der Waals surface area contributed by atoms with Crippen molar-refractivity contribution in [2.45, 2.75) is 31.4 Å². The Bertz CT molecular complexity index is 518. The molecule has 1 aromatic rings. The molecule has 0 radical (unpaired) electrons. The number of carbonyl (C=O) groups is 1. The molecule has 7 heteroatoms. The third kappa shape index (κ3) is 6.76. The number of aliphatic hydroxyl groups excluding tert-OH is 1. The van der Waals surface area contributed by atoms with Crippen molar-refractivity contribution >= 4 is 30.7 Å². The molecule has 3 N–H and O–H groups in total. The number of aliphatic hydroxyl groups is 1. The zero-order valence-corrected chi connectivity index (χ0v) is 16.0. The fourth-order valence-corrected chi connectivity index (χ4v) is 3.50. The number of β-amino-alcohol motifs (C(OH)–C–C–N with tert-alkyl or cyclic N) is 1. The normalized spacial score (nSPS) is 25.9. The second-order valence-electron chi connectivity index (χ2n) is 6.79. The minimum absolute atomic E-state index is 0. The molecule has 2 heterocycles. The molecule has 2 aliphatic heterocycles. The summed E-state index contributed by atoms with van der Waals surface area (Å²) in [7, 11) is 0. The van der Waals surface area contributed by atoms with Gasteiger partial charge in [0.25, 0.3) is 0 Å². The Morgan fingerprint density at radius 1 is 1.28 bits per heavy atom. The van der Waals surface area contributed by atoms with Gasteiger partial charge >= 0.3 is 0 Å². The Labute approximate surface area is 162 Å². The first-order chi connectivity index (χ1) is 11.2. The van der Waals surface area contributed by atoms with Crippen molar-refractivity contribution in [3.05, 3.63) is 35.9 Å². The highest BCUT2D eigenvalue weighted by Crippen LogP contribution is 2.16. The van der Waals surface area contributed by atoms with E-state index in [9.17, 15) is 9.90 Å². The smallest absolute Gasteiger partial charge is 0.237 e. The number of rotatable bonds is 6. The summed E-state index contributed by atoms with van der Waals surface area (Å²) in [4.78, 5) is 14.5. The number of benzene rings is 1. The SMILES string of the molecule is Cl.Cl.O=C(NCC1CCN(CCc2ccccc2)C1)C1CC(O)CN1. The fraction of sp³-hybridized carbons (Fsp3) is 0.611. The topological polar surface area (TPSA) is 64.6 Å². The van der Waals surface area contributed by atoms with Crippen LogP contribution in [-0.4, -0.2) is 60.8 Å². The highest BCUT2D eigenvalue weighted by atomic mass is 35.5. The van der Waals surface area contributed by atoms with Gasteiger partial charge in [0.05, 0.1) is 12.1 Å². The van der Waals surface area contributed by atoms with Crippen LogP contribution in [0.5, 0.6) is 0 Å². The number of hydrogen-bond acceptors (Lipinski definition) is 4. The summed E-state index contributed by atoms with van der Waals surface area (Å²) in [5.41, 5.74) is 1.38. The van der Waals surface area contributed by atoms with Crippen LogP contribution >= 0.6 is 24.8 Å². The summed E-state index contributed by atoms with van der Waals surface area (Å²) in [6.07, 6.45) is 2.38. The number of nitrogens with one attached hydrogen (secondary N) is 2. The number of carbonyl (C=O) groups excluding carboxylic acids is 1. The first-order valence-corrected chi connectivity index (χ1v) is 8.66. The summed E-state index contributed by atoms with van der Waals surface area (Å²) in [5, 5.41) is 15.6. The van der Waals surface area contributed by atoms with Gasteiger partial charge in [0, 0.05) is 26.2 Å². The summed E-state index contributed by atoms with van der Waals surface area (Å²) in [5.74, 6) is 0.574. The van der Waals surface area contributed by atoms with Gasteiger partial charge in [0.15, 0.2) is 0 Å². The van der Waals surface area contributed by atoms with E-state index in [1.807, 2.05) is 0 Å². The number of amides is 1. The molecule has 3 rings (SSSR count). The van der Waals surface area contributed by atoms with Crippen LogP contribution in [0.3, 0.4) is 0 Å². The van der Waals surface area contributed by atoms with Gasteiger partial charge in [0.2, 0.25) is 5.91 Å². The minimum Gasteiger partial charge on any atom is -0.392 e. The van der Waals surface area contributed by atoms with E-state index in [0.717, 1.165) is 39.0 Å². The van der Waals surface area contributed by atoms with Crippen LogP contribution in [0.2, 0.25) is 0 Å². The lowest BCUT2D eigenvalue weighted by atomic mass is 10.1. The third-order valence-electron chi connectivity index (χ3n) is 4.92. The van der Waals surface area contributed by atoms with Crippen LogP contribution < -0.4 is 10.6 Å². The van der Waals surface area contributed by atoms with E-state index in [4.69, 9.17) is 0 Å². The lowest BCUT2D eigenvalue weighted by Gasteiger charge is -2.17. The second kappa shape index (κ2) is 11.0. The van der Waals surface area contributed by atoms with Crippen molar-refractivity contribution < 1.29 is 9.90 Å². The maximum atomic E-state index is 12.0. The molecule has 0 aliphatic carbocycles. The average molecular weight is 390 g/mol. The van der Waals surface area contributed by atoms with Crippen LogP contribution in [0, 0.1) is 5.92 Å². The summed E-state index contributed by atoms with van der Waals surface area (Å²) in [6.45, 7) is 4.54. The number of likely N-dealkylation sites (tertiary alicyclic amines) is 1. The van der Waals surface area contributed by atoms with Gasteiger partial charge in [-0.1, -0.05) is 30.3 Å². The molecule has 2 saturated heterocycles. The van der Waals surface area contributed by atoms with Gasteiger partial charge in [-0.2, -0.15) is 0 Å². The minimum atomic E-state index is -0.384. The third-order valence-corrected chi connectivity index (χ3v) is 4.92. The maximum absolute atomic E-state index is 12.0. The molecule has 2 aliphatic rings. The highest BCUT2D eigenvalue weighted by molar-refractivity contribution is 5.85. The first kappa shape index (κ1) is 22.2. The van der Waals surface area contributed by atoms with Crippen molar-refractivity contribution in [2.75, 3.05) is 32.7 Å². The lowest BCUT2D eigenvalue weighted by molar-refractivity contribution is -0.123. The largest absolute Gasteiger partial charge is 0.392 e. The summed E-state index contributed by atoms with van der Waals surface area (Å²) >= 11 is 0. The number of halogens is 2. The molecule has 3 atom stereocenters. The van der Waals surface area contributed by atoms with Gasteiger partial charge in [-0.05, 0) is 37.3 Å². The van der Waals surface area contributed by atoms with Crippen LogP contribution in [0.25, 0.3) is 0 Å². The van der Waals surface area contributed by atoms with Gasteiger partial charge in [0.1, 0.15) is 0 Å². The molecule has 1 aromatic carbocycles. The molecule has 142 valence electrons.